The van der Waals surface area contributed by atoms with Crippen LogP contribution in [0.25, 0.3) is 0 Å². The maximum absolute atomic E-state index is 14.2. The van der Waals surface area contributed by atoms with Crippen LogP contribution in [0.1, 0.15) is 18.1 Å². The van der Waals surface area contributed by atoms with Gasteiger partial charge in [0, 0.05) is 17.6 Å². The third-order valence-electron chi connectivity index (χ3n) is 3.18. The smallest absolute Gasteiger partial charge is 0.147 e. The fourth-order valence-corrected chi connectivity index (χ4v) is 2.54. The van der Waals surface area contributed by atoms with Crippen molar-refractivity contribution >= 4 is 27.3 Å². The molecule has 0 saturated carbocycles. The minimum atomic E-state index is -0.179. The Balaban J connectivity index is 2.46. The molecule has 2 aromatic rings. The molecule has 0 N–H and O–H groups in total. The van der Waals surface area contributed by atoms with E-state index in [1.54, 1.807) is 6.07 Å². The Morgan fingerprint density at radius 1 is 1.11 bits per heavy atom. The topological polar surface area (TPSA) is 3.24 Å². The first-order valence-corrected chi connectivity index (χ1v) is 7.47. The van der Waals surface area contributed by atoms with Crippen LogP contribution < -0.4 is 4.90 Å². The highest BCUT2D eigenvalue weighted by Gasteiger charge is 2.13. The third kappa shape index (κ3) is 2.98. The van der Waals surface area contributed by atoms with E-state index in [1.165, 1.54) is 0 Å². The van der Waals surface area contributed by atoms with E-state index in [2.05, 4.69) is 15.9 Å². The molecule has 0 aromatic heterocycles. The molecule has 0 aliphatic rings. The summed E-state index contributed by atoms with van der Waals surface area (Å²) in [7, 11) is 0. The largest absolute Gasteiger partial charge is 0.339 e. The van der Waals surface area contributed by atoms with Gasteiger partial charge < -0.3 is 4.90 Å². The van der Waals surface area contributed by atoms with E-state index in [9.17, 15) is 4.39 Å². The van der Waals surface area contributed by atoms with Crippen molar-refractivity contribution in [2.24, 2.45) is 0 Å². The van der Waals surface area contributed by atoms with Gasteiger partial charge in [-0.25, -0.2) is 4.39 Å². The second-order valence-electron chi connectivity index (χ2n) is 4.45. The highest BCUT2D eigenvalue weighted by atomic mass is 79.9. The number of halogens is 2. The number of alkyl halides is 1. The average Bonchev–Trinajstić information content (AvgIpc) is 2.43. The van der Waals surface area contributed by atoms with Crippen LogP contribution in [0.2, 0.25) is 0 Å². The first-order chi connectivity index (χ1) is 9.17. The molecule has 2 aromatic carbocycles. The number of para-hydroxylation sites is 1. The first kappa shape index (κ1) is 14.1. The molecule has 19 heavy (non-hydrogen) atoms. The summed E-state index contributed by atoms with van der Waals surface area (Å²) in [4.78, 5) is 2.00. The Morgan fingerprint density at radius 3 is 2.42 bits per heavy atom. The predicted molar refractivity (Wildman–Crippen MR) is 82.9 cm³/mol. The van der Waals surface area contributed by atoms with Crippen LogP contribution in [0.5, 0.6) is 0 Å². The van der Waals surface area contributed by atoms with E-state index < -0.39 is 0 Å². The molecule has 3 heteroatoms. The molecule has 0 fully saturated rings. The monoisotopic (exact) mass is 321 g/mol. The van der Waals surface area contributed by atoms with Crippen LogP contribution >= 0.6 is 15.9 Å². The van der Waals surface area contributed by atoms with Crippen LogP contribution in [-0.4, -0.2) is 6.54 Å². The van der Waals surface area contributed by atoms with E-state index in [0.29, 0.717) is 11.0 Å². The van der Waals surface area contributed by atoms with Gasteiger partial charge >= 0.3 is 0 Å². The van der Waals surface area contributed by atoms with Crippen molar-refractivity contribution in [3.8, 4) is 0 Å². The van der Waals surface area contributed by atoms with Crippen LogP contribution in [0, 0.1) is 12.7 Å². The highest BCUT2D eigenvalue weighted by molar-refractivity contribution is 9.08. The van der Waals surface area contributed by atoms with E-state index in [0.717, 1.165) is 23.4 Å². The first-order valence-electron chi connectivity index (χ1n) is 6.35. The number of aryl methyl sites for hydroxylation is 1. The van der Waals surface area contributed by atoms with Gasteiger partial charge in [0.05, 0.1) is 5.69 Å². The van der Waals surface area contributed by atoms with E-state index in [1.807, 2.05) is 55.1 Å². The minimum absolute atomic E-state index is 0.179. The standard InChI is InChI=1S/C16H17BrFN/c1-3-19(15-7-5-4-6-12(15)2)16-9-8-13(11-17)10-14(16)18/h4-10H,3,11H2,1-2H3. The van der Waals surface area contributed by atoms with Crippen molar-refractivity contribution in [2.75, 3.05) is 11.4 Å². The lowest BCUT2D eigenvalue weighted by Crippen LogP contribution is -2.18. The van der Waals surface area contributed by atoms with Gasteiger partial charge in [0.25, 0.3) is 0 Å². The van der Waals surface area contributed by atoms with Gasteiger partial charge in [-0.3, -0.25) is 0 Å². The Kier molecular flexibility index (Phi) is 4.59. The van der Waals surface area contributed by atoms with Gasteiger partial charge in [-0.05, 0) is 43.2 Å². The van der Waals surface area contributed by atoms with Crippen molar-refractivity contribution in [3.05, 3.63) is 59.4 Å². The SMILES string of the molecule is CCN(c1ccccc1C)c1ccc(CBr)cc1F. The molecule has 0 aliphatic carbocycles. The highest BCUT2D eigenvalue weighted by Crippen LogP contribution is 2.30. The summed E-state index contributed by atoms with van der Waals surface area (Å²) in [5, 5.41) is 0.667. The predicted octanol–water partition coefficient (Wildman–Crippen LogP) is 5.19. The van der Waals surface area contributed by atoms with Crippen LogP contribution in [0.15, 0.2) is 42.5 Å². The molecule has 1 nitrogen and oxygen atoms in total. The molecule has 0 heterocycles. The van der Waals surface area contributed by atoms with Gasteiger partial charge in [0.15, 0.2) is 0 Å². The molecule has 0 bridgehead atoms. The Labute approximate surface area is 122 Å². The molecular formula is C16H17BrFN. The van der Waals surface area contributed by atoms with Crippen molar-refractivity contribution < 1.29 is 4.39 Å². The molecule has 0 amide bonds. The number of nitrogens with zero attached hydrogens (tertiary/aromatic N) is 1. The number of hydrogen-bond acceptors (Lipinski definition) is 1. The lowest BCUT2D eigenvalue weighted by Gasteiger charge is -2.25. The molecule has 0 saturated heterocycles. The maximum Gasteiger partial charge on any atom is 0.147 e. The Bertz CT molecular complexity index is 568. The third-order valence-corrected chi connectivity index (χ3v) is 3.83. The fraction of sp³-hybridized carbons (Fsp3) is 0.250. The average molecular weight is 322 g/mol. The summed E-state index contributed by atoms with van der Waals surface area (Å²) in [6.45, 7) is 4.81. The molecule has 0 atom stereocenters. The number of anilines is 2. The Hall–Kier alpha value is -1.35. The molecule has 0 radical (unpaired) electrons. The molecule has 100 valence electrons. The van der Waals surface area contributed by atoms with Crippen LogP contribution in [0.4, 0.5) is 15.8 Å². The van der Waals surface area contributed by atoms with Crippen molar-refractivity contribution in [1.82, 2.24) is 0 Å². The van der Waals surface area contributed by atoms with E-state index in [4.69, 9.17) is 0 Å². The lowest BCUT2D eigenvalue weighted by molar-refractivity contribution is 0.624. The Morgan fingerprint density at radius 2 is 1.84 bits per heavy atom. The fourth-order valence-electron chi connectivity index (χ4n) is 2.19. The maximum atomic E-state index is 14.2. The molecule has 0 spiro atoms. The van der Waals surface area contributed by atoms with Gasteiger partial charge in [-0.1, -0.05) is 40.2 Å². The van der Waals surface area contributed by atoms with Gasteiger partial charge in [-0.15, -0.1) is 0 Å². The molecular weight excluding hydrogens is 305 g/mol. The number of rotatable bonds is 4. The molecule has 2 rings (SSSR count). The number of hydrogen-bond donors (Lipinski definition) is 0. The minimum Gasteiger partial charge on any atom is -0.339 e. The summed E-state index contributed by atoms with van der Waals surface area (Å²) in [6.07, 6.45) is 0. The normalized spacial score (nSPS) is 10.5. The lowest BCUT2D eigenvalue weighted by atomic mass is 10.1. The van der Waals surface area contributed by atoms with E-state index in [-0.39, 0.29) is 5.82 Å². The number of benzene rings is 2. The second-order valence-corrected chi connectivity index (χ2v) is 5.01. The quantitative estimate of drug-likeness (QED) is 0.701. The van der Waals surface area contributed by atoms with Crippen molar-refractivity contribution in [1.29, 1.82) is 0 Å². The van der Waals surface area contributed by atoms with E-state index >= 15 is 0 Å². The van der Waals surface area contributed by atoms with Gasteiger partial charge in [0.1, 0.15) is 5.82 Å². The summed E-state index contributed by atoms with van der Waals surface area (Å²) in [6, 6.07) is 13.4. The zero-order valence-electron chi connectivity index (χ0n) is 11.2. The van der Waals surface area contributed by atoms with Crippen LogP contribution in [0.3, 0.4) is 0 Å². The summed E-state index contributed by atoms with van der Waals surface area (Å²) >= 11 is 3.35. The van der Waals surface area contributed by atoms with Crippen LogP contribution in [-0.2, 0) is 5.33 Å². The molecule has 0 unspecified atom stereocenters. The zero-order chi connectivity index (χ0) is 13.8. The zero-order valence-corrected chi connectivity index (χ0v) is 12.7. The van der Waals surface area contributed by atoms with Gasteiger partial charge in [-0.2, -0.15) is 0 Å². The summed E-state index contributed by atoms with van der Waals surface area (Å²) < 4.78 is 14.2. The second kappa shape index (κ2) is 6.20. The van der Waals surface area contributed by atoms with Crippen molar-refractivity contribution in [2.45, 2.75) is 19.2 Å². The molecule has 0 aliphatic heterocycles. The summed E-state index contributed by atoms with van der Waals surface area (Å²) in [5.41, 5.74) is 3.77. The summed E-state index contributed by atoms with van der Waals surface area (Å²) in [5.74, 6) is -0.179. The van der Waals surface area contributed by atoms with Gasteiger partial charge in [0.2, 0.25) is 0 Å². The van der Waals surface area contributed by atoms with Crippen molar-refractivity contribution in [3.63, 3.8) is 0 Å².